The molecule has 0 bridgehead atoms. The average Bonchev–Trinajstić information content (AvgIpc) is 3.17. The maximum Gasteiger partial charge on any atom is 0.235 e. The molecule has 0 spiro atoms. The number of rotatable bonds is 5. The molecular weight excluding hydrogens is 392 g/mol. The van der Waals surface area contributed by atoms with Gasteiger partial charge in [-0.2, -0.15) is 19.5 Å². The number of aromatic amines is 1. The Bertz CT molecular complexity index is 1020. The zero-order chi connectivity index (χ0) is 21.3. The summed E-state index contributed by atoms with van der Waals surface area (Å²) in [6.45, 7) is 6.36. The van der Waals surface area contributed by atoms with Gasteiger partial charge in [0.25, 0.3) is 0 Å². The standard InChI is InChI=1S/C19H23F2N9/c1-11-9-15(28-27-11)30(12(2)14-4-3-13(20)10-24-14)19-25-17(22)16(21)18(26-19)29-7-5-23-6-8-29/h3-4,9-10,12,23H,5-8H2,1-2H3,(H,27,28)(H2,22,25,26)/t12-/m0/s1. The van der Waals surface area contributed by atoms with Crippen LogP contribution >= 0.6 is 0 Å². The van der Waals surface area contributed by atoms with Crippen molar-refractivity contribution in [1.82, 2.24) is 30.5 Å². The Morgan fingerprint density at radius 1 is 1.20 bits per heavy atom. The molecule has 0 radical (unpaired) electrons. The molecule has 0 aliphatic carbocycles. The molecule has 0 saturated carbocycles. The van der Waals surface area contributed by atoms with Crippen molar-refractivity contribution in [3.8, 4) is 0 Å². The Morgan fingerprint density at radius 3 is 2.60 bits per heavy atom. The zero-order valence-corrected chi connectivity index (χ0v) is 16.7. The Morgan fingerprint density at radius 2 is 1.97 bits per heavy atom. The van der Waals surface area contributed by atoms with Crippen LogP contribution in [-0.2, 0) is 0 Å². The summed E-state index contributed by atoms with van der Waals surface area (Å²) in [5, 5.41) is 10.4. The van der Waals surface area contributed by atoms with Crippen molar-refractivity contribution in [2.24, 2.45) is 0 Å². The van der Waals surface area contributed by atoms with Gasteiger partial charge in [0.05, 0.1) is 17.9 Å². The Kier molecular flexibility index (Phi) is 5.44. The maximum atomic E-state index is 14.8. The third-order valence-corrected chi connectivity index (χ3v) is 4.98. The molecule has 158 valence electrons. The van der Waals surface area contributed by atoms with Gasteiger partial charge in [0.15, 0.2) is 17.5 Å². The summed E-state index contributed by atoms with van der Waals surface area (Å²) in [5.41, 5.74) is 7.32. The van der Waals surface area contributed by atoms with E-state index in [0.717, 1.165) is 25.0 Å². The molecule has 3 aromatic rings. The number of aromatic nitrogens is 5. The predicted molar refractivity (Wildman–Crippen MR) is 110 cm³/mol. The van der Waals surface area contributed by atoms with Gasteiger partial charge in [-0.3, -0.25) is 15.0 Å². The Labute approximate surface area is 172 Å². The second-order valence-corrected chi connectivity index (χ2v) is 7.14. The second kappa shape index (κ2) is 8.19. The van der Waals surface area contributed by atoms with Crippen LogP contribution in [-0.4, -0.2) is 51.3 Å². The molecule has 4 rings (SSSR count). The minimum absolute atomic E-state index is 0.149. The predicted octanol–water partition coefficient (Wildman–Crippen LogP) is 2.07. The van der Waals surface area contributed by atoms with Gasteiger partial charge in [-0.25, -0.2) is 4.39 Å². The lowest BCUT2D eigenvalue weighted by molar-refractivity contribution is 0.556. The van der Waals surface area contributed by atoms with Gasteiger partial charge in [-0.05, 0) is 26.0 Å². The van der Waals surface area contributed by atoms with Crippen LogP contribution < -0.4 is 20.9 Å². The van der Waals surface area contributed by atoms with E-state index in [9.17, 15) is 8.78 Å². The molecule has 4 N–H and O–H groups in total. The molecular formula is C19H23F2N9. The highest BCUT2D eigenvalue weighted by atomic mass is 19.1. The lowest BCUT2D eigenvalue weighted by atomic mass is 10.2. The number of nitrogens with one attached hydrogen (secondary N) is 2. The summed E-state index contributed by atoms with van der Waals surface area (Å²) in [6.07, 6.45) is 1.14. The van der Waals surface area contributed by atoms with Crippen LogP contribution in [0.15, 0.2) is 24.4 Å². The fourth-order valence-corrected chi connectivity index (χ4v) is 3.40. The number of piperazine rings is 1. The SMILES string of the molecule is Cc1cc(N(c2nc(N)c(F)c(N3CCNCC3)n2)[C@@H](C)c2ccc(F)cn2)n[nH]1. The molecule has 11 heteroatoms. The van der Waals surface area contributed by atoms with Gasteiger partial charge in [0, 0.05) is 37.9 Å². The molecule has 0 amide bonds. The smallest absolute Gasteiger partial charge is 0.235 e. The number of anilines is 4. The lowest BCUT2D eigenvalue weighted by Gasteiger charge is -2.31. The number of pyridine rings is 1. The number of nitrogen functional groups attached to an aromatic ring is 1. The van der Waals surface area contributed by atoms with Crippen LogP contribution in [0.3, 0.4) is 0 Å². The van der Waals surface area contributed by atoms with Crippen LogP contribution in [0.2, 0.25) is 0 Å². The fraction of sp³-hybridized carbons (Fsp3) is 0.368. The van der Waals surface area contributed by atoms with E-state index in [1.54, 1.807) is 11.0 Å². The number of H-pyrrole nitrogens is 1. The molecule has 9 nitrogen and oxygen atoms in total. The van der Waals surface area contributed by atoms with E-state index in [0.29, 0.717) is 24.6 Å². The van der Waals surface area contributed by atoms with Crippen molar-refractivity contribution in [1.29, 1.82) is 0 Å². The van der Waals surface area contributed by atoms with E-state index >= 15 is 0 Å². The summed E-state index contributed by atoms with van der Waals surface area (Å²) >= 11 is 0. The van der Waals surface area contributed by atoms with Crippen LogP contribution in [0.4, 0.5) is 32.2 Å². The molecule has 3 aromatic heterocycles. The van der Waals surface area contributed by atoms with Gasteiger partial charge >= 0.3 is 0 Å². The zero-order valence-electron chi connectivity index (χ0n) is 16.7. The van der Waals surface area contributed by atoms with Crippen LogP contribution in [0.5, 0.6) is 0 Å². The summed E-state index contributed by atoms with van der Waals surface area (Å²) in [5.74, 6) is -0.473. The number of nitrogens with two attached hydrogens (primary N) is 1. The molecule has 0 aromatic carbocycles. The van der Waals surface area contributed by atoms with Gasteiger partial charge in [0.1, 0.15) is 5.82 Å². The van der Waals surface area contributed by atoms with Crippen molar-refractivity contribution in [3.05, 3.63) is 47.4 Å². The van der Waals surface area contributed by atoms with Gasteiger partial charge < -0.3 is 16.0 Å². The van der Waals surface area contributed by atoms with E-state index in [2.05, 4.69) is 30.5 Å². The summed E-state index contributed by atoms with van der Waals surface area (Å²) in [6, 6.07) is 4.30. The first-order chi connectivity index (χ1) is 14.4. The summed E-state index contributed by atoms with van der Waals surface area (Å²) < 4.78 is 28.2. The highest BCUT2D eigenvalue weighted by Gasteiger charge is 2.28. The third kappa shape index (κ3) is 3.88. The topological polar surface area (TPSA) is 112 Å². The molecule has 0 unspecified atom stereocenters. The minimum atomic E-state index is -0.647. The second-order valence-electron chi connectivity index (χ2n) is 7.14. The first kappa shape index (κ1) is 20.0. The van der Waals surface area contributed by atoms with Crippen molar-refractivity contribution >= 4 is 23.4 Å². The number of hydrogen-bond donors (Lipinski definition) is 3. The van der Waals surface area contributed by atoms with E-state index in [-0.39, 0.29) is 17.6 Å². The lowest BCUT2D eigenvalue weighted by Crippen LogP contribution is -2.44. The molecule has 1 aliphatic heterocycles. The van der Waals surface area contributed by atoms with Crippen LogP contribution in [0.1, 0.15) is 24.4 Å². The van der Waals surface area contributed by atoms with E-state index < -0.39 is 17.7 Å². The molecule has 1 fully saturated rings. The number of aryl methyl sites for hydroxylation is 1. The van der Waals surface area contributed by atoms with Gasteiger partial charge in [-0.15, -0.1) is 0 Å². The van der Waals surface area contributed by atoms with Crippen molar-refractivity contribution in [2.75, 3.05) is 41.7 Å². The monoisotopic (exact) mass is 415 g/mol. The number of nitrogens with zero attached hydrogens (tertiary/aromatic N) is 6. The first-order valence-corrected chi connectivity index (χ1v) is 9.65. The van der Waals surface area contributed by atoms with Crippen LogP contribution in [0.25, 0.3) is 0 Å². The van der Waals surface area contributed by atoms with E-state index in [1.165, 1.54) is 6.07 Å². The highest BCUT2D eigenvalue weighted by molar-refractivity contribution is 5.61. The number of halogens is 2. The summed E-state index contributed by atoms with van der Waals surface area (Å²) in [4.78, 5) is 16.4. The highest BCUT2D eigenvalue weighted by Crippen LogP contribution is 2.34. The van der Waals surface area contributed by atoms with E-state index in [4.69, 9.17) is 5.73 Å². The van der Waals surface area contributed by atoms with Gasteiger partial charge in [-0.1, -0.05) is 0 Å². The van der Waals surface area contributed by atoms with Crippen molar-refractivity contribution in [3.63, 3.8) is 0 Å². The van der Waals surface area contributed by atoms with Crippen molar-refractivity contribution in [2.45, 2.75) is 19.9 Å². The van der Waals surface area contributed by atoms with Crippen LogP contribution in [0, 0.1) is 18.6 Å². The Hall–Kier alpha value is -3.34. The van der Waals surface area contributed by atoms with Gasteiger partial charge in [0.2, 0.25) is 11.8 Å². The van der Waals surface area contributed by atoms with E-state index in [1.807, 2.05) is 24.8 Å². The average molecular weight is 415 g/mol. The molecule has 1 atom stereocenters. The first-order valence-electron chi connectivity index (χ1n) is 9.65. The van der Waals surface area contributed by atoms with Crippen molar-refractivity contribution < 1.29 is 8.78 Å². The molecule has 4 heterocycles. The fourth-order valence-electron chi connectivity index (χ4n) is 3.40. The molecule has 1 aliphatic rings. The summed E-state index contributed by atoms with van der Waals surface area (Å²) in [7, 11) is 0. The quantitative estimate of drug-likeness (QED) is 0.581. The molecule has 1 saturated heterocycles. The number of hydrogen-bond acceptors (Lipinski definition) is 8. The third-order valence-electron chi connectivity index (χ3n) is 4.98. The molecule has 30 heavy (non-hydrogen) atoms. The largest absolute Gasteiger partial charge is 0.381 e. The Balaban J connectivity index is 1.80. The maximum absolute atomic E-state index is 14.8. The normalized spacial score (nSPS) is 15.3. The minimum Gasteiger partial charge on any atom is -0.381 e.